The van der Waals surface area contributed by atoms with E-state index in [0.29, 0.717) is 11.6 Å². The minimum Gasteiger partial charge on any atom is -0.253 e. The Morgan fingerprint density at radius 2 is 1.71 bits per heavy atom. The van der Waals surface area contributed by atoms with E-state index in [1.165, 1.54) is 5.56 Å². The maximum atomic E-state index is 10.6. The summed E-state index contributed by atoms with van der Waals surface area (Å²) in [7, 11) is 0. The maximum Gasteiger partial charge on any atom is 0.110 e. The highest BCUT2D eigenvalue weighted by Crippen LogP contribution is 2.26. The van der Waals surface area contributed by atoms with Crippen molar-refractivity contribution in [2.75, 3.05) is 0 Å². The highest BCUT2D eigenvalue weighted by Gasteiger charge is 2.04. The molecule has 3 nitrogen and oxygen atoms in total. The fourth-order valence-electron chi connectivity index (χ4n) is 2.13. The largest absolute Gasteiger partial charge is 0.253 e. The summed E-state index contributed by atoms with van der Waals surface area (Å²) in [6, 6.07) is 13.7. The van der Waals surface area contributed by atoms with Gasteiger partial charge in [-0.2, -0.15) is 0 Å². The lowest BCUT2D eigenvalue weighted by molar-refractivity contribution is 0.866. The molecule has 0 radical (unpaired) electrons. The maximum absolute atomic E-state index is 10.6. The van der Waals surface area contributed by atoms with Gasteiger partial charge in [0.15, 0.2) is 0 Å². The predicted molar refractivity (Wildman–Crippen MR) is 89.0 cm³/mol. The molecule has 0 aliphatic carbocycles. The number of nitrogens with zero attached hydrogens (tertiary/aromatic N) is 2. The number of benzene rings is 2. The molecule has 0 atom stereocenters. The zero-order chi connectivity index (χ0) is 15.4. The quantitative estimate of drug-likeness (QED) is 0.526. The molecule has 0 unspecified atom stereocenters. The van der Waals surface area contributed by atoms with Gasteiger partial charge in [-0.1, -0.05) is 44.2 Å². The van der Waals surface area contributed by atoms with Crippen molar-refractivity contribution in [3.05, 3.63) is 64.1 Å². The van der Waals surface area contributed by atoms with Crippen LogP contribution in [0.15, 0.2) is 52.6 Å². The lowest BCUT2D eigenvalue weighted by atomic mass is 10.0. The van der Waals surface area contributed by atoms with Gasteiger partial charge in [0, 0.05) is 5.71 Å². The normalized spacial score (nSPS) is 11.8. The van der Waals surface area contributed by atoms with Gasteiger partial charge >= 0.3 is 0 Å². The summed E-state index contributed by atoms with van der Waals surface area (Å²) < 4.78 is 0. The summed E-state index contributed by atoms with van der Waals surface area (Å²) >= 11 is 0. The zero-order valence-corrected chi connectivity index (χ0v) is 12.9. The van der Waals surface area contributed by atoms with Crippen molar-refractivity contribution < 1.29 is 0 Å². The Morgan fingerprint density at radius 3 is 2.29 bits per heavy atom. The molecule has 2 rings (SSSR count). The highest BCUT2D eigenvalue weighted by molar-refractivity contribution is 6.00. The molecule has 0 heterocycles. The summed E-state index contributed by atoms with van der Waals surface area (Å²) in [5, 5.41) is 2.96. The van der Waals surface area contributed by atoms with Gasteiger partial charge in [-0.3, -0.25) is 4.99 Å². The van der Waals surface area contributed by atoms with E-state index in [9.17, 15) is 4.91 Å². The van der Waals surface area contributed by atoms with Gasteiger partial charge in [-0.05, 0) is 53.8 Å². The van der Waals surface area contributed by atoms with E-state index >= 15 is 0 Å². The fourth-order valence-corrected chi connectivity index (χ4v) is 2.13. The molecule has 2 aromatic rings. The predicted octanol–water partition coefficient (Wildman–Crippen LogP) is 5.66. The second kappa shape index (κ2) is 6.44. The molecule has 0 N–H and O–H groups in total. The number of rotatable bonds is 4. The van der Waals surface area contributed by atoms with Crippen LogP contribution in [0.1, 0.15) is 43.4 Å². The molecular formula is C18H20N2O. The van der Waals surface area contributed by atoms with Crippen molar-refractivity contribution in [1.29, 1.82) is 0 Å². The summed E-state index contributed by atoms with van der Waals surface area (Å²) in [5.74, 6) is 0.522. The molecule has 0 fully saturated rings. The molecule has 0 aliphatic heterocycles. The minimum atomic E-state index is 0.405. The first kappa shape index (κ1) is 15.1. The van der Waals surface area contributed by atoms with E-state index in [0.717, 1.165) is 22.5 Å². The van der Waals surface area contributed by atoms with Crippen LogP contribution >= 0.6 is 0 Å². The van der Waals surface area contributed by atoms with Crippen LogP contribution in [0.5, 0.6) is 0 Å². The summed E-state index contributed by atoms with van der Waals surface area (Å²) in [6.07, 6.45) is 0. The summed E-state index contributed by atoms with van der Waals surface area (Å²) in [4.78, 5) is 15.3. The van der Waals surface area contributed by atoms with E-state index in [4.69, 9.17) is 0 Å². The van der Waals surface area contributed by atoms with Crippen molar-refractivity contribution in [2.24, 2.45) is 10.2 Å². The standard InChI is InChI=1S/C18H20N2O/c1-12(2)15-6-8-16(9-7-15)14(4)19-18-11-17(20-21)10-5-13(18)3/h5-12H,1-4H3. The van der Waals surface area contributed by atoms with E-state index in [1.54, 1.807) is 12.1 Å². The lowest BCUT2D eigenvalue weighted by Gasteiger charge is -2.07. The molecule has 0 aliphatic rings. The van der Waals surface area contributed by atoms with Gasteiger partial charge in [0.2, 0.25) is 0 Å². The summed E-state index contributed by atoms with van der Waals surface area (Å²) in [5.41, 5.74) is 5.55. The zero-order valence-electron chi connectivity index (χ0n) is 12.9. The molecule has 3 heteroatoms. The Morgan fingerprint density at radius 1 is 1.05 bits per heavy atom. The number of aryl methyl sites for hydroxylation is 1. The Balaban J connectivity index is 2.34. The number of hydrogen-bond donors (Lipinski definition) is 0. The van der Waals surface area contributed by atoms with Crippen LogP contribution in [-0.4, -0.2) is 5.71 Å². The number of aliphatic imine (C=N–C) groups is 1. The average molecular weight is 280 g/mol. The van der Waals surface area contributed by atoms with E-state index < -0.39 is 0 Å². The lowest BCUT2D eigenvalue weighted by Crippen LogP contribution is -1.95. The first-order valence-corrected chi connectivity index (χ1v) is 7.11. The van der Waals surface area contributed by atoms with E-state index in [1.807, 2.05) is 19.9 Å². The average Bonchev–Trinajstić information content (AvgIpc) is 2.49. The van der Waals surface area contributed by atoms with Crippen molar-refractivity contribution in [2.45, 2.75) is 33.6 Å². The minimum absolute atomic E-state index is 0.405. The molecule has 0 aromatic heterocycles. The van der Waals surface area contributed by atoms with Crippen molar-refractivity contribution in [3.8, 4) is 0 Å². The Labute approximate surface area is 125 Å². The monoisotopic (exact) mass is 280 g/mol. The molecule has 108 valence electrons. The van der Waals surface area contributed by atoms with E-state index in [-0.39, 0.29) is 0 Å². The van der Waals surface area contributed by atoms with Gasteiger partial charge in [0.05, 0.1) is 5.69 Å². The van der Waals surface area contributed by atoms with Gasteiger partial charge < -0.3 is 0 Å². The fraction of sp³-hybridized carbons (Fsp3) is 0.278. The van der Waals surface area contributed by atoms with Crippen molar-refractivity contribution >= 4 is 17.1 Å². The van der Waals surface area contributed by atoms with Crippen LogP contribution in [0, 0.1) is 11.8 Å². The molecule has 0 saturated heterocycles. The van der Waals surface area contributed by atoms with Crippen LogP contribution in [0.3, 0.4) is 0 Å². The van der Waals surface area contributed by atoms with Crippen LogP contribution < -0.4 is 0 Å². The highest BCUT2D eigenvalue weighted by atomic mass is 16.3. The Bertz CT molecular complexity index is 670. The molecular weight excluding hydrogens is 260 g/mol. The van der Waals surface area contributed by atoms with Crippen LogP contribution in [0.2, 0.25) is 0 Å². The summed E-state index contributed by atoms with van der Waals surface area (Å²) in [6.45, 7) is 8.31. The van der Waals surface area contributed by atoms with Crippen molar-refractivity contribution in [1.82, 2.24) is 0 Å². The van der Waals surface area contributed by atoms with Gasteiger partial charge in [-0.15, -0.1) is 4.91 Å². The Hall–Kier alpha value is -2.29. The molecule has 0 saturated carbocycles. The molecule has 0 spiro atoms. The second-order valence-corrected chi connectivity index (χ2v) is 5.54. The molecule has 21 heavy (non-hydrogen) atoms. The second-order valence-electron chi connectivity index (χ2n) is 5.54. The van der Waals surface area contributed by atoms with Gasteiger partial charge in [0.25, 0.3) is 0 Å². The molecule has 2 aromatic carbocycles. The first-order chi connectivity index (χ1) is 10.0. The molecule has 0 bridgehead atoms. The van der Waals surface area contributed by atoms with Crippen molar-refractivity contribution in [3.63, 3.8) is 0 Å². The van der Waals surface area contributed by atoms with Gasteiger partial charge in [0.1, 0.15) is 5.69 Å². The third-order valence-electron chi connectivity index (χ3n) is 3.58. The number of hydrogen-bond acceptors (Lipinski definition) is 3. The van der Waals surface area contributed by atoms with Crippen LogP contribution in [-0.2, 0) is 0 Å². The Kier molecular flexibility index (Phi) is 4.63. The van der Waals surface area contributed by atoms with Crippen LogP contribution in [0.25, 0.3) is 0 Å². The van der Waals surface area contributed by atoms with Crippen LogP contribution in [0.4, 0.5) is 11.4 Å². The smallest absolute Gasteiger partial charge is 0.110 e. The van der Waals surface area contributed by atoms with Gasteiger partial charge in [-0.25, -0.2) is 0 Å². The number of nitroso groups, excluding NO2 is 1. The van der Waals surface area contributed by atoms with E-state index in [2.05, 4.69) is 48.3 Å². The third kappa shape index (κ3) is 3.63. The third-order valence-corrected chi connectivity index (χ3v) is 3.58. The first-order valence-electron chi connectivity index (χ1n) is 7.11. The molecule has 0 amide bonds. The SMILES string of the molecule is CC(=Nc1cc(N=O)ccc1C)c1ccc(C(C)C)cc1. The topological polar surface area (TPSA) is 41.8 Å².